The van der Waals surface area contributed by atoms with Crippen LogP contribution in [0.15, 0.2) is 0 Å². The summed E-state index contributed by atoms with van der Waals surface area (Å²) in [6.07, 6.45) is 4.60. The van der Waals surface area contributed by atoms with Gasteiger partial charge in [-0.3, -0.25) is 4.90 Å². The van der Waals surface area contributed by atoms with Crippen molar-refractivity contribution in [2.24, 2.45) is 5.92 Å². The Labute approximate surface area is 85.8 Å². The second kappa shape index (κ2) is 3.80. The molecule has 0 spiro atoms. The number of hydrogen-bond acceptors (Lipinski definition) is 3. The first-order valence-electron chi connectivity index (χ1n) is 6.00. The number of fused-ring (bicyclic) bond motifs is 1. The predicted molar refractivity (Wildman–Crippen MR) is 55.3 cm³/mol. The lowest BCUT2D eigenvalue weighted by Crippen LogP contribution is -2.55. The molecule has 80 valence electrons. The topological polar surface area (TPSA) is 24.5 Å². The van der Waals surface area contributed by atoms with Crippen molar-refractivity contribution in [3.05, 3.63) is 0 Å². The number of ether oxygens (including phenoxy) is 1. The van der Waals surface area contributed by atoms with Crippen LogP contribution >= 0.6 is 0 Å². The molecule has 0 aromatic carbocycles. The van der Waals surface area contributed by atoms with Gasteiger partial charge in [-0.1, -0.05) is 0 Å². The first kappa shape index (κ1) is 9.13. The minimum Gasteiger partial charge on any atom is -0.375 e. The molecule has 2 atom stereocenters. The van der Waals surface area contributed by atoms with Gasteiger partial charge in [-0.2, -0.15) is 0 Å². The van der Waals surface area contributed by atoms with E-state index in [1.165, 1.54) is 38.9 Å². The smallest absolute Gasteiger partial charge is 0.0730 e. The van der Waals surface area contributed by atoms with Gasteiger partial charge in [-0.05, 0) is 25.2 Å². The van der Waals surface area contributed by atoms with Crippen LogP contribution in [-0.4, -0.2) is 49.8 Å². The lowest BCUT2D eigenvalue weighted by molar-refractivity contribution is -0.0622. The third-order valence-electron chi connectivity index (χ3n) is 3.96. The Morgan fingerprint density at radius 2 is 2.21 bits per heavy atom. The van der Waals surface area contributed by atoms with Crippen molar-refractivity contribution < 1.29 is 4.74 Å². The molecule has 14 heavy (non-hydrogen) atoms. The first-order valence-corrected chi connectivity index (χ1v) is 6.00. The molecule has 0 amide bonds. The number of nitrogens with one attached hydrogen (secondary N) is 1. The fourth-order valence-corrected chi connectivity index (χ4v) is 3.04. The maximum absolute atomic E-state index is 5.81. The quantitative estimate of drug-likeness (QED) is 0.694. The van der Waals surface area contributed by atoms with Gasteiger partial charge in [-0.15, -0.1) is 0 Å². The molecule has 3 rings (SSSR count). The molecule has 0 bridgehead atoms. The molecule has 3 heteroatoms. The number of morpholine rings is 1. The highest BCUT2D eigenvalue weighted by Crippen LogP contribution is 2.30. The van der Waals surface area contributed by atoms with Crippen molar-refractivity contribution in [2.75, 3.05) is 32.8 Å². The van der Waals surface area contributed by atoms with E-state index in [4.69, 9.17) is 4.74 Å². The van der Waals surface area contributed by atoms with E-state index in [0.717, 1.165) is 25.1 Å². The van der Waals surface area contributed by atoms with Crippen LogP contribution in [0.2, 0.25) is 0 Å². The van der Waals surface area contributed by atoms with Crippen LogP contribution in [0.25, 0.3) is 0 Å². The largest absolute Gasteiger partial charge is 0.375 e. The number of nitrogens with zero attached hydrogens (tertiary/aromatic N) is 1. The van der Waals surface area contributed by atoms with Gasteiger partial charge in [-0.25, -0.2) is 0 Å². The van der Waals surface area contributed by atoms with Crippen LogP contribution in [0.3, 0.4) is 0 Å². The summed E-state index contributed by atoms with van der Waals surface area (Å²) < 4.78 is 5.81. The van der Waals surface area contributed by atoms with Gasteiger partial charge in [0.2, 0.25) is 0 Å². The van der Waals surface area contributed by atoms with Crippen molar-refractivity contribution in [2.45, 2.75) is 31.4 Å². The van der Waals surface area contributed by atoms with E-state index >= 15 is 0 Å². The molecule has 2 saturated heterocycles. The SMILES string of the molecule is C1CC2OCCN(CC3CNC3)C2C1. The summed E-state index contributed by atoms with van der Waals surface area (Å²) in [6, 6.07) is 0.754. The van der Waals surface area contributed by atoms with Crippen molar-refractivity contribution in [1.82, 2.24) is 10.2 Å². The van der Waals surface area contributed by atoms with E-state index in [-0.39, 0.29) is 0 Å². The number of hydrogen-bond donors (Lipinski definition) is 1. The zero-order valence-corrected chi connectivity index (χ0v) is 8.74. The van der Waals surface area contributed by atoms with Gasteiger partial charge in [0.05, 0.1) is 12.7 Å². The van der Waals surface area contributed by atoms with Crippen molar-refractivity contribution >= 4 is 0 Å². The monoisotopic (exact) mass is 196 g/mol. The maximum Gasteiger partial charge on any atom is 0.0730 e. The van der Waals surface area contributed by atoms with E-state index in [0.29, 0.717) is 6.10 Å². The zero-order valence-electron chi connectivity index (χ0n) is 8.74. The van der Waals surface area contributed by atoms with E-state index < -0.39 is 0 Å². The fourth-order valence-electron chi connectivity index (χ4n) is 3.04. The summed E-state index contributed by atoms with van der Waals surface area (Å²) in [4.78, 5) is 2.69. The summed E-state index contributed by atoms with van der Waals surface area (Å²) in [5, 5.41) is 3.35. The second-order valence-electron chi connectivity index (χ2n) is 4.93. The van der Waals surface area contributed by atoms with Gasteiger partial charge in [0.1, 0.15) is 0 Å². The average molecular weight is 196 g/mol. The minimum absolute atomic E-state index is 0.566. The highest BCUT2D eigenvalue weighted by Gasteiger charge is 2.37. The molecule has 1 N–H and O–H groups in total. The van der Waals surface area contributed by atoms with Crippen molar-refractivity contribution in [3.8, 4) is 0 Å². The van der Waals surface area contributed by atoms with Gasteiger partial charge < -0.3 is 10.1 Å². The van der Waals surface area contributed by atoms with Gasteiger partial charge >= 0.3 is 0 Å². The first-order chi connectivity index (χ1) is 6.93. The predicted octanol–water partition coefficient (Wildman–Crippen LogP) is 0.459. The average Bonchev–Trinajstić information content (AvgIpc) is 2.59. The zero-order chi connectivity index (χ0) is 9.38. The molecule has 0 radical (unpaired) electrons. The molecule has 3 aliphatic rings. The van der Waals surface area contributed by atoms with E-state index in [2.05, 4.69) is 10.2 Å². The summed E-state index contributed by atoms with van der Waals surface area (Å²) >= 11 is 0. The van der Waals surface area contributed by atoms with Crippen LogP contribution in [0.1, 0.15) is 19.3 Å². The van der Waals surface area contributed by atoms with Crippen molar-refractivity contribution in [3.63, 3.8) is 0 Å². The molecule has 2 aliphatic heterocycles. The highest BCUT2D eigenvalue weighted by atomic mass is 16.5. The summed E-state index contributed by atoms with van der Waals surface area (Å²) in [5.74, 6) is 0.911. The Morgan fingerprint density at radius 3 is 3.00 bits per heavy atom. The van der Waals surface area contributed by atoms with Gasteiger partial charge in [0, 0.05) is 32.2 Å². The van der Waals surface area contributed by atoms with Crippen LogP contribution < -0.4 is 5.32 Å². The normalized spacial score (nSPS) is 39.4. The molecule has 0 aromatic rings. The minimum atomic E-state index is 0.566. The van der Waals surface area contributed by atoms with Crippen LogP contribution in [-0.2, 0) is 4.74 Å². The molecule has 1 aliphatic carbocycles. The van der Waals surface area contributed by atoms with E-state index in [9.17, 15) is 0 Å². The summed E-state index contributed by atoms with van der Waals surface area (Å²) in [6.45, 7) is 5.89. The van der Waals surface area contributed by atoms with Crippen molar-refractivity contribution in [1.29, 1.82) is 0 Å². The third kappa shape index (κ3) is 1.58. The van der Waals surface area contributed by atoms with Crippen LogP contribution in [0.5, 0.6) is 0 Å². The van der Waals surface area contributed by atoms with Gasteiger partial charge in [0.25, 0.3) is 0 Å². The maximum atomic E-state index is 5.81. The Hall–Kier alpha value is -0.120. The molecule has 2 heterocycles. The van der Waals surface area contributed by atoms with Crippen LogP contribution in [0.4, 0.5) is 0 Å². The third-order valence-corrected chi connectivity index (χ3v) is 3.96. The standard InChI is InChI=1S/C11H20N2O/c1-2-10-11(3-1)14-5-4-13(10)8-9-6-12-7-9/h9-12H,1-8H2. The Morgan fingerprint density at radius 1 is 1.29 bits per heavy atom. The fraction of sp³-hybridized carbons (Fsp3) is 1.00. The number of rotatable bonds is 2. The lowest BCUT2D eigenvalue weighted by atomic mass is 10.0. The van der Waals surface area contributed by atoms with E-state index in [1.54, 1.807) is 0 Å². The molecular formula is C11H20N2O. The molecule has 0 aromatic heterocycles. The molecule has 3 fully saturated rings. The molecular weight excluding hydrogens is 176 g/mol. The Balaban J connectivity index is 1.59. The van der Waals surface area contributed by atoms with Gasteiger partial charge in [0.15, 0.2) is 0 Å². The highest BCUT2D eigenvalue weighted by molar-refractivity contribution is 4.91. The molecule has 3 nitrogen and oxygen atoms in total. The Bertz CT molecular complexity index is 205. The van der Waals surface area contributed by atoms with Crippen LogP contribution in [0, 0.1) is 5.92 Å². The molecule has 2 unspecified atom stereocenters. The lowest BCUT2D eigenvalue weighted by Gasteiger charge is -2.41. The van der Waals surface area contributed by atoms with E-state index in [1.807, 2.05) is 0 Å². The summed E-state index contributed by atoms with van der Waals surface area (Å²) in [7, 11) is 0. The Kier molecular flexibility index (Phi) is 2.48. The summed E-state index contributed by atoms with van der Waals surface area (Å²) in [5.41, 5.74) is 0. The molecule has 1 saturated carbocycles. The second-order valence-corrected chi connectivity index (χ2v) is 4.93.